The van der Waals surface area contributed by atoms with E-state index in [4.69, 9.17) is 14.1 Å². The fourth-order valence-electron chi connectivity index (χ4n) is 9.21. The van der Waals surface area contributed by atoms with Gasteiger partial charge in [0.05, 0.1) is 28.0 Å². The SMILES string of the molecule is [2H]C([2H])([2H])c1ccc(-c2ccnc(-c3cc(-c4ccccc4)cc(-c4cccc5c4nc(-c4cc(C(C)(C)C)cc(C(C)(C)C)c4O)n5-c4cc(C(C)C)ccc4-c4ccc(C(C)(C)C)cc4)c3)c2)cc1. The average molecular weight is 895 g/mol. The van der Waals surface area contributed by atoms with Crippen molar-refractivity contribution < 1.29 is 9.22 Å². The number of aromatic nitrogens is 3. The summed E-state index contributed by atoms with van der Waals surface area (Å²) in [7, 11) is 0. The normalized spacial score (nSPS) is 13.1. The molecule has 0 radical (unpaired) electrons. The molecule has 0 unspecified atom stereocenters. The number of fused-ring (bicyclic) bond motifs is 1. The molecule has 4 nitrogen and oxygen atoms in total. The molecule has 0 saturated carbocycles. The smallest absolute Gasteiger partial charge is 0.149 e. The number of benzene rings is 7. The summed E-state index contributed by atoms with van der Waals surface area (Å²) in [6.07, 6.45) is 1.81. The Kier molecular flexibility index (Phi) is 10.9. The summed E-state index contributed by atoms with van der Waals surface area (Å²) in [5.74, 6) is 1.14. The molecule has 2 aromatic heterocycles. The summed E-state index contributed by atoms with van der Waals surface area (Å²) in [5.41, 5.74) is 17.3. The van der Waals surface area contributed by atoms with E-state index in [0.717, 1.165) is 83.6 Å². The Morgan fingerprint density at radius 3 is 1.84 bits per heavy atom. The van der Waals surface area contributed by atoms with Crippen molar-refractivity contribution in [1.29, 1.82) is 0 Å². The first-order valence-corrected chi connectivity index (χ1v) is 23.9. The van der Waals surface area contributed by atoms with Gasteiger partial charge in [-0.25, -0.2) is 4.98 Å². The lowest BCUT2D eigenvalue weighted by molar-refractivity contribution is 0.446. The van der Waals surface area contributed by atoms with Crippen LogP contribution in [0.5, 0.6) is 5.75 Å². The maximum atomic E-state index is 12.7. The number of aromatic hydroxyl groups is 1. The zero-order chi connectivity index (χ0) is 50.8. The summed E-state index contributed by atoms with van der Waals surface area (Å²) < 4.78 is 26.0. The van der Waals surface area contributed by atoms with Crippen LogP contribution in [0.4, 0.5) is 0 Å². The van der Waals surface area contributed by atoms with Gasteiger partial charge in [-0.05, 0) is 128 Å². The molecule has 342 valence electrons. The lowest BCUT2D eigenvalue weighted by Crippen LogP contribution is -2.17. The van der Waals surface area contributed by atoms with Crippen LogP contribution in [0.25, 0.3) is 83.9 Å². The molecule has 4 heteroatoms. The maximum absolute atomic E-state index is 12.7. The summed E-state index contributed by atoms with van der Waals surface area (Å²) in [4.78, 5) is 10.7. The van der Waals surface area contributed by atoms with E-state index >= 15 is 0 Å². The molecule has 1 N–H and O–H groups in total. The summed E-state index contributed by atoms with van der Waals surface area (Å²) in [5, 5.41) is 12.7. The van der Waals surface area contributed by atoms with Gasteiger partial charge in [0.2, 0.25) is 0 Å². The van der Waals surface area contributed by atoms with Crippen LogP contribution in [-0.2, 0) is 16.2 Å². The molecule has 68 heavy (non-hydrogen) atoms. The molecule has 0 saturated heterocycles. The molecule has 9 aromatic rings. The van der Waals surface area contributed by atoms with Crippen LogP contribution in [0.1, 0.15) is 114 Å². The van der Waals surface area contributed by atoms with Crippen LogP contribution in [0.3, 0.4) is 0 Å². The van der Waals surface area contributed by atoms with E-state index in [1.165, 1.54) is 11.1 Å². The topological polar surface area (TPSA) is 50.9 Å². The molecule has 0 spiro atoms. The van der Waals surface area contributed by atoms with Gasteiger partial charge in [-0.3, -0.25) is 9.55 Å². The highest BCUT2D eigenvalue weighted by atomic mass is 16.3. The largest absolute Gasteiger partial charge is 0.507 e. The third-order valence-electron chi connectivity index (χ3n) is 13.3. The van der Waals surface area contributed by atoms with Gasteiger partial charge in [-0.15, -0.1) is 0 Å². The van der Waals surface area contributed by atoms with Crippen LogP contribution >= 0.6 is 0 Å². The number of nitrogens with zero attached hydrogens (tertiary/aromatic N) is 3. The number of hydrogen-bond acceptors (Lipinski definition) is 3. The molecule has 0 aliphatic rings. The van der Waals surface area contributed by atoms with Gasteiger partial charge < -0.3 is 5.11 Å². The molecule has 2 heterocycles. The first-order valence-electron chi connectivity index (χ1n) is 25.4. The average Bonchev–Trinajstić information content (AvgIpc) is 3.72. The van der Waals surface area contributed by atoms with Gasteiger partial charge in [-0.2, -0.15) is 0 Å². The Bertz CT molecular complexity index is 3420. The van der Waals surface area contributed by atoms with Crippen LogP contribution < -0.4 is 0 Å². The highest BCUT2D eigenvalue weighted by Crippen LogP contribution is 2.46. The molecule has 0 fully saturated rings. The zero-order valence-electron chi connectivity index (χ0n) is 44.5. The number of rotatable bonds is 8. The van der Waals surface area contributed by atoms with Crippen molar-refractivity contribution in [3.8, 4) is 78.6 Å². The van der Waals surface area contributed by atoms with Gasteiger partial charge in [0, 0.05) is 32.6 Å². The highest BCUT2D eigenvalue weighted by molar-refractivity contribution is 5.98. The van der Waals surface area contributed by atoms with E-state index in [0.29, 0.717) is 17.0 Å². The molecular formula is C64H65N3O. The van der Waals surface area contributed by atoms with Crippen molar-refractivity contribution in [2.24, 2.45) is 0 Å². The van der Waals surface area contributed by atoms with Crippen molar-refractivity contribution in [2.75, 3.05) is 0 Å². The van der Waals surface area contributed by atoms with Crippen LogP contribution in [-0.4, -0.2) is 19.6 Å². The van der Waals surface area contributed by atoms with E-state index < -0.39 is 6.85 Å². The minimum absolute atomic E-state index is 0.000890. The third kappa shape index (κ3) is 9.05. The van der Waals surface area contributed by atoms with E-state index in [-0.39, 0.29) is 27.9 Å². The second kappa shape index (κ2) is 17.6. The predicted molar refractivity (Wildman–Crippen MR) is 288 cm³/mol. The van der Waals surface area contributed by atoms with Crippen molar-refractivity contribution in [2.45, 2.75) is 105 Å². The standard InChI is InChI=1S/C64H65N3O/c1-40(2)45-27-30-52(44-25-28-50(29-26-44)62(4,5)6)58(37-45)67-57-20-16-19-53(59(57)66-61(67)54-38-51(63(7,8)9)39-55(60(54)68)64(10,11)12)48-33-47(42-17-14-13-15-18-42)34-49(35-48)56-36-46(31-32-65-56)43-23-21-41(3)22-24-43/h13-40,68H,1-12H3/i3D3. The lowest BCUT2D eigenvalue weighted by atomic mass is 9.79. The Hall–Kier alpha value is -7.04. The Labute approximate surface area is 408 Å². The number of hydrogen-bond donors (Lipinski definition) is 1. The molecule has 7 aromatic carbocycles. The summed E-state index contributed by atoms with van der Waals surface area (Å²) in [6, 6.07) is 54.6. The minimum Gasteiger partial charge on any atom is -0.507 e. The van der Waals surface area contributed by atoms with Crippen LogP contribution in [0.2, 0.25) is 0 Å². The van der Waals surface area contributed by atoms with E-state index in [1.807, 2.05) is 30.5 Å². The number of pyridine rings is 1. The predicted octanol–water partition coefficient (Wildman–Crippen LogP) is 17.5. The first kappa shape index (κ1) is 42.3. The second-order valence-corrected chi connectivity index (χ2v) is 21.8. The Morgan fingerprint density at radius 1 is 0.515 bits per heavy atom. The van der Waals surface area contributed by atoms with E-state index in [2.05, 4.69) is 202 Å². The fourth-order valence-corrected chi connectivity index (χ4v) is 9.21. The first-order chi connectivity index (χ1) is 33.5. The molecule has 9 rings (SSSR count). The second-order valence-electron chi connectivity index (χ2n) is 21.8. The minimum atomic E-state index is -2.18. The van der Waals surface area contributed by atoms with Crippen molar-refractivity contribution in [3.05, 3.63) is 192 Å². The monoisotopic (exact) mass is 895 g/mol. The Morgan fingerprint density at radius 2 is 1.18 bits per heavy atom. The van der Waals surface area contributed by atoms with Gasteiger partial charge in [0.1, 0.15) is 11.6 Å². The molecule has 0 aliphatic carbocycles. The third-order valence-corrected chi connectivity index (χ3v) is 13.3. The maximum Gasteiger partial charge on any atom is 0.149 e. The van der Waals surface area contributed by atoms with Gasteiger partial charge >= 0.3 is 0 Å². The van der Waals surface area contributed by atoms with Crippen molar-refractivity contribution in [3.63, 3.8) is 0 Å². The quantitative estimate of drug-likeness (QED) is 0.165. The van der Waals surface area contributed by atoms with E-state index in [1.54, 1.807) is 12.1 Å². The molecule has 0 bridgehead atoms. The fraction of sp³-hybridized carbons (Fsp3) is 0.250. The Balaban J connectivity index is 1.34. The zero-order valence-corrected chi connectivity index (χ0v) is 41.5. The highest BCUT2D eigenvalue weighted by Gasteiger charge is 2.30. The summed E-state index contributed by atoms with van der Waals surface area (Å²) >= 11 is 0. The van der Waals surface area contributed by atoms with Gasteiger partial charge in [0.25, 0.3) is 0 Å². The number of imidazole rings is 1. The van der Waals surface area contributed by atoms with Crippen LogP contribution in [0, 0.1) is 6.85 Å². The van der Waals surface area contributed by atoms with Crippen molar-refractivity contribution >= 4 is 11.0 Å². The van der Waals surface area contributed by atoms with Crippen LogP contribution in [0.15, 0.2) is 164 Å². The molecule has 0 atom stereocenters. The summed E-state index contributed by atoms with van der Waals surface area (Å²) in [6.45, 7) is 22.1. The number of aryl methyl sites for hydroxylation is 1. The number of para-hydroxylation sites is 1. The molecular weight excluding hydrogens is 827 g/mol. The van der Waals surface area contributed by atoms with E-state index in [9.17, 15) is 5.11 Å². The number of phenolic OH excluding ortho intramolecular Hbond substituents is 1. The van der Waals surface area contributed by atoms with Crippen molar-refractivity contribution in [1.82, 2.24) is 14.5 Å². The molecule has 0 aliphatic heterocycles. The van der Waals surface area contributed by atoms with Gasteiger partial charge in [0.15, 0.2) is 0 Å². The molecule has 0 amide bonds. The lowest BCUT2D eigenvalue weighted by Gasteiger charge is -2.28. The van der Waals surface area contributed by atoms with Gasteiger partial charge in [-0.1, -0.05) is 191 Å². The number of phenols is 1.